The summed E-state index contributed by atoms with van der Waals surface area (Å²) in [5.41, 5.74) is 41.4. The van der Waals surface area contributed by atoms with Gasteiger partial charge in [0, 0.05) is 58.0 Å². The number of amides is 3. The Morgan fingerprint density at radius 2 is 0.859 bits per heavy atom. The number of nitrogens with zero attached hydrogens (tertiary/aromatic N) is 28. The molecule has 0 spiro atoms. The van der Waals surface area contributed by atoms with Gasteiger partial charge >= 0.3 is 36.4 Å². The number of nitrogens with one attached hydrogen (secondary N) is 3. The number of carbonyl (C=O) groups excluding carboxylic acids is 3. The Labute approximate surface area is 772 Å². The van der Waals surface area contributed by atoms with Gasteiger partial charge in [0.1, 0.15) is 78.4 Å². The number of nitrogen functional groups attached to an aromatic ring is 5. The van der Waals surface area contributed by atoms with Crippen molar-refractivity contribution in [3.63, 3.8) is 0 Å². The number of carbonyl (C=O) groups is 3. The van der Waals surface area contributed by atoms with E-state index in [0.717, 1.165) is 4.57 Å². The van der Waals surface area contributed by atoms with E-state index in [9.17, 15) is 28.5 Å². The largest absolute Gasteiger partial charge is 0.383 e. The van der Waals surface area contributed by atoms with E-state index in [1.54, 1.807) is 79.2 Å². The number of aromatic nitrogens is 18. The van der Waals surface area contributed by atoms with Crippen LogP contribution in [0.25, 0.3) is 44.7 Å². The Bertz CT molecular complexity index is 6180. The molecule has 738 valence electrons. The predicted molar refractivity (Wildman–Crippen MR) is 489 cm³/mol. The number of rotatable bonds is 38. The molecular weight excluding hydrogens is 1870 g/mol. The van der Waals surface area contributed by atoms with Crippen LogP contribution in [0.5, 0.6) is 0 Å². The molecule has 9 aromatic rings. The smallest absolute Gasteiger partial charge is 0.351 e. The summed E-state index contributed by atoms with van der Waals surface area (Å²) in [7, 11) is -5.44. The lowest BCUT2D eigenvalue weighted by atomic mass is 10.1. The Kier molecular flexibility index (Phi) is 31.2. The zero-order valence-electron chi connectivity index (χ0n) is 76.5. The molecule has 14 rings (SSSR count). The first-order valence-electron chi connectivity index (χ1n) is 42.6. The first-order chi connectivity index (χ1) is 64.0. The molecule has 0 aromatic carbocycles. The summed E-state index contributed by atoms with van der Waals surface area (Å²) in [5.74, 6) is -2.21. The Hall–Kier alpha value is -10.1. The minimum atomic E-state index is -4.49. The van der Waals surface area contributed by atoms with Crippen LogP contribution < -0.4 is 62.0 Å². The number of H-pyrrole nitrogens is 1. The van der Waals surface area contributed by atoms with E-state index in [4.69, 9.17) is 86.4 Å². The maximum atomic E-state index is 16.7. The van der Waals surface area contributed by atoms with Crippen LogP contribution in [0.2, 0.25) is 0 Å². The molecule has 0 radical (unpaired) electrons. The van der Waals surface area contributed by atoms with Crippen LogP contribution in [-0.4, -0.2) is 383 Å². The summed E-state index contributed by atoms with van der Waals surface area (Å²) in [6.45, 7) is -0.0873. The third kappa shape index (κ3) is 21.8. The van der Waals surface area contributed by atoms with E-state index >= 15 is 18.3 Å². The van der Waals surface area contributed by atoms with Gasteiger partial charge in [-0.05, 0) is 89.4 Å². The number of guanidine groups is 1. The molecule has 5 fully saturated rings. The van der Waals surface area contributed by atoms with Crippen LogP contribution in [0.4, 0.5) is 29.2 Å². The molecule has 3 amide bonds. The van der Waals surface area contributed by atoms with E-state index in [-0.39, 0.29) is 166 Å². The van der Waals surface area contributed by atoms with Crippen LogP contribution in [0, 0.1) is 0 Å². The predicted octanol–water partition coefficient (Wildman–Crippen LogP) is -1.07. The Balaban J connectivity index is 0.739. The van der Waals surface area contributed by atoms with Gasteiger partial charge < -0.3 is 102 Å². The summed E-state index contributed by atoms with van der Waals surface area (Å²) in [6, 6.07) is 0.264. The number of morpholine rings is 5. The van der Waals surface area contributed by atoms with Gasteiger partial charge in [0.2, 0.25) is 23.7 Å². The number of imidazole rings is 4. The molecule has 58 nitrogen and oxygen atoms in total. The third-order valence-electron chi connectivity index (χ3n) is 22.9. The number of aliphatic imine (C=N–C) groups is 1. The van der Waals surface area contributed by atoms with Gasteiger partial charge in [0.15, 0.2) is 57.7 Å². The van der Waals surface area contributed by atoms with Gasteiger partial charge in [0.05, 0.1) is 122 Å². The average Bonchev–Trinajstić information content (AvgIpc) is 1.75. The molecule has 0 saturated carbocycles. The number of hydrogen-bond donors (Lipinski definition) is 10. The maximum Gasteiger partial charge on any atom is 0.351 e. The zero-order chi connectivity index (χ0) is 97.2. The molecule has 9 aromatic heterocycles. The highest BCUT2D eigenvalue weighted by atomic mass is 31.2. The van der Waals surface area contributed by atoms with E-state index in [0.29, 0.717) is 5.65 Å². The second-order valence-electron chi connectivity index (χ2n) is 33.7. The first kappa shape index (κ1) is 101. The highest BCUT2D eigenvalue weighted by Gasteiger charge is 2.52. The Morgan fingerprint density at radius 3 is 1.22 bits per heavy atom. The fraction of sp³-hybridized carbons (Fsp3) is 0.611. The fourth-order valence-corrected chi connectivity index (χ4v) is 26.0. The fourth-order valence-electron chi connectivity index (χ4n) is 16.2. The van der Waals surface area contributed by atoms with E-state index in [1.807, 2.05) is 0 Å². The lowest BCUT2D eigenvalue weighted by molar-refractivity contribution is -0.159. The van der Waals surface area contributed by atoms with E-state index < -0.39 is 174 Å². The molecule has 5 aliphatic heterocycles. The number of hydrogen-bond acceptors (Lipinski definition) is 38. The van der Waals surface area contributed by atoms with Gasteiger partial charge in [-0.25, -0.2) is 96.7 Å². The lowest BCUT2D eigenvalue weighted by Crippen LogP contribution is -2.54. The molecule has 0 bridgehead atoms. The third-order valence-corrected chi connectivity index (χ3v) is 36.0. The summed E-state index contributed by atoms with van der Waals surface area (Å²) >= 11 is 0. The van der Waals surface area contributed by atoms with Gasteiger partial charge in [-0.2, -0.15) is 9.97 Å². The molecule has 16 unspecified atom stereocenters. The van der Waals surface area contributed by atoms with Crippen molar-refractivity contribution >= 4 is 136 Å². The van der Waals surface area contributed by atoms with Gasteiger partial charge in [-0.15, -0.1) is 0 Å². The molecule has 5 saturated heterocycles. The van der Waals surface area contributed by atoms with Crippen molar-refractivity contribution in [1.29, 1.82) is 0 Å². The molecule has 17 N–H and O–H groups in total. The number of anilines is 5. The normalized spacial score (nSPS) is 24.2. The molecule has 135 heavy (non-hydrogen) atoms. The average molecular weight is 1990 g/mol. The number of fused-ring (bicyclic) bond motifs is 4. The molecule has 5 aliphatic rings. The lowest BCUT2D eigenvalue weighted by Gasteiger charge is -2.46. The minimum absolute atomic E-state index is 0.0339. The summed E-state index contributed by atoms with van der Waals surface area (Å²) < 4.78 is 168. The second-order valence-corrected chi connectivity index (χ2v) is 47.3. The summed E-state index contributed by atoms with van der Waals surface area (Å²) in [5, 5.41) is 5.17. The SMILES string of the molecule is CC(=O)NC(CCCN=C(N)N)C(=O)NCC(=O)N1CC(COP(=O)(N(C)C)N2CC(COP(=O)(N(C)C)N3CC(COP(=O)(N(C)C)N4CC(COP(=O)(N(C)C)N5CC(COP(=O)(C(C)C)N(C)C)OC(n6cnc7c(N)ncnc76)C5)OC(n5cnc6c(N)ncnc65)C4)OC(n4cnc5c(N)ncnc54)C3)OC(n3cnc4c(=O)[nH]c(N)nc43)C2)OC(n2ccc(N)nc2=O)C1. The monoisotopic (exact) mass is 1990 g/mol. The summed E-state index contributed by atoms with van der Waals surface area (Å²) in [6.07, 6.45) is -0.268. The van der Waals surface area contributed by atoms with Crippen LogP contribution >= 0.6 is 38.2 Å². The highest BCUT2D eigenvalue weighted by Crippen LogP contribution is 2.61. The molecule has 14 heterocycles. The van der Waals surface area contributed by atoms with Crippen molar-refractivity contribution in [1.82, 2.24) is 145 Å². The van der Waals surface area contributed by atoms with E-state index in [2.05, 4.69) is 80.4 Å². The molecular formula is C72H115N38O20P5. The minimum Gasteiger partial charge on any atom is -0.383 e. The van der Waals surface area contributed by atoms with Crippen LogP contribution in [0.15, 0.2) is 71.1 Å². The van der Waals surface area contributed by atoms with Gasteiger partial charge in [-0.1, -0.05) is 13.8 Å². The van der Waals surface area contributed by atoms with Crippen molar-refractivity contribution < 1.29 is 83.5 Å². The molecule has 63 heteroatoms. The number of ether oxygens (including phenoxy) is 5. The molecule has 0 aliphatic carbocycles. The van der Waals surface area contributed by atoms with Gasteiger partial charge in [-0.3, -0.25) is 74.8 Å². The van der Waals surface area contributed by atoms with Gasteiger partial charge in [0.25, 0.3) is 13.1 Å². The molecule has 16 atom stereocenters. The maximum absolute atomic E-state index is 16.7. The van der Waals surface area contributed by atoms with Crippen molar-refractivity contribution in [2.75, 3.05) is 211 Å². The first-order valence-corrected chi connectivity index (χ1v) is 50.4. The Morgan fingerprint density at radius 1 is 0.489 bits per heavy atom. The quantitative estimate of drug-likeness (QED) is 0.00953. The van der Waals surface area contributed by atoms with E-state index in [1.165, 1.54) is 134 Å². The van der Waals surface area contributed by atoms with Crippen molar-refractivity contribution in [2.45, 2.75) is 107 Å². The van der Waals surface area contributed by atoms with Crippen molar-refractivity contribution in [3.05, 3.63) is 77.4 Å². The van der Waals surface area contributed by atoms with Crippen LogP contribution in [-0.2, 0) is 83.5 Å². The summed E-state index contributed by atoms with van der Waals surface area (Å²) in [4.78, 5) is 127. The highest BCUT2D eigenvalue weighted by molar-refractivity contribution is 7.57. The zero-order valence-corrected chi connectivity index (χ0v) is 81.0. The standard InChI is InChI=1S/C72H115N38O20P5/c1-42(2)131(116,96(4)5)121-30-45-21-102(26-53(127-45)107-38-88-57-61(74)82-35-85-64(57)107)133(118,98(8)9)123-32-46-22-103(27-54(128-46)108-39-89-58-62(75)83-36-86-65(58)108)134(119,99(10)11)124-33-47-23-104(28-55(129-47)109-40-90-59-63(76)84-37-87-66(59)109)135(120,100(12)13)125-34-48-24-105(29-56(130-48)110-41-91-60-67(110)94-71(79)95-69(60)114)132(117,97(6)7)122-31-44-20-101(25-52(126-44)106-18-16-50(73)93-72(106)115)51(112)19-81-68(113)49(92-43(3)111)15-14-17-80-70(77)78/h16,18,35-42,44-49,52-56H,14-15,17,19-34H2,1-13H3,(H,81,113)(H,92,111)(H2,73,93,115)(H2,74,82,85)(H2,75,83,86)(H2,76,84,87)(H4,77,78,80)(H3,79,94,95,114). The number of nitrogens with two attached hydrogens (primary N) is 7. The van der Waals surface area contributed by atoms with Crippen LogP contribution in [0.1, 0.15) is 64.8 Å². The van der Waals surface area contributed by atoms with Crippen molar-refractivity contribution in [3.8, 4) is 0 Å². The second kappa shape index (κ2) is 41.7. The van der Waals surface area contributed by atoms with Crippen molar-refractivity contribution in [2.24, 2.45) is 16.5 Å². The number of aromatic amines is 1. The topological polar surface area (TPSA) is 709 Å². The van der Waals surface area contributed by atoms with Crippen LogP contribution in [0.3, 0.4) is 0 Å².